The lowest BCUT2D eigenvalue weighted by Crippen LogP contribution is -2.26. The summed E-state index contributed by atoms with van der Waals surface area (Å²) in [5.74, 6) is 1.40. The minimum absolute atomic E-state index is 0.109. The lowest BCUT2D eigenvalue weighted by Gasteiger charge is -2.12. The molecule has 1 amide bonds. The second-order valence-electron chi connectivity index (χ2n) is 7.29. The first-order valence-corrected chi connectivity index (χ1v) is 9.42. The van der Waals surface area contributed by atoms with E-state index in [1.165, 1.54) is 11.1 Å². The van der Waals surface area contributed by atoms with Crippen LogP contribution >= 0.6 is 0 Å². The first-order valence-electron chi connectivity index (χ1n) is 9.42. The Balaban J connectivity index is 1.84. The molecule has 0 atom stereocenters. The Bertz CT molecular complexity index is 951. The summed E-state index contributed by atoms with van der Waals surface area (Å²) in [6.07, 6.45) is 0.678. The van der Waals surface area contributed by atoms with Gasteiger partial charge in [0.05, 0.1) is 11.0 Å². The van der Waals surface area contributed by atoms with Crippen molar-refractivity contribution in [1.82, 2.24) is 14.9 Å². The molecule has 0 fully saturated rings. The summed E-state index contributed by atoms with van der Waals surface area (Å²) >= 11 is 0. The molecule has 0 aliphatic rings. The minimum Gasteiger partial charge on any atom is -0.352 e. The highest BCUT2D eigenvalue weighted by atomic mass is 16.1. The second-order valence-corrected chi connectivity index (χ2v) is 7.29. The van der Waals surface area contributed by atoms with Crippen LogP contribution in [0.15, 0.2) is 60.7 Å². The van der Waals surface area contributed by atoms with Gasteiger partial charge in [-0.25, -0.2) is 4.98 Å². The fourth-order valence-electron chi connectivity index (χ4n) is 3.12. The summed E-state index contributed by atoms with van der Waals surface area (Å²) in [5, 5.41) is 2.89. The van der Waals surface area contributed by atoms with Crippen LogP contribution in [-0.2, 0) is 17.8 Å². The minimum atomic E-state index is -0.109. The van der Waals surface area contributed by atoms with Crippen molar-refractivity contribution < 1.29 is 4.79 Å². The number of carbonyl (C=O) groups is 1. The number of nitrogens with zero attached hydrogens (tertiary/aromatic N) is 2. The molecule has 1 aromatic heterocycles. The van der Waals surface area contributed by atoms with Crippen LogP contribution in [0.4, 0.5) is 0 Å². The van der Waals surface area contributed by atoms with E-state index in [-0.39, 0.29) is 5.91 Å². The number of fused-ring (bicyclic) bond motifs is 1. The average Bonchev–Trinajstić information content (AvgIpc) is 2.99. The van der Waals surface area contributed by atoms with Crippen molar-refractivity contribution >= 4 is 16.9 Å². The van der Waals surface area contributed by atoms with Crippen molar-refractivity contribution in [3.63, 3.8) is 0 Å². The number of rotatable bonds is 7. The molecule has 0 spiro atoms. The molecule has 0 saturated heterocycles. The monoisotopic (exact) mass is 361 g/mol. The molecule has 1 heterocycles. The van der Waals surface area contributed by atoms with E-state index < -0.39 is 0 Å². The maximum Gasteiger partial charge on any atom is 0.246 e. The molecule has 0 radical (unpaired) electrons. The summed E-state index contributed by atoms with van der Waals surface area (Å²) in [7, 11) is 0. The highest BCUT2D eigenvalue weighted by molar-refractivity contribution is 5.92. The number of imidazole rings is 1. The molecule has 4 nitrogen and oxygen atoms in total. The predicted molar refractivity (Wildman–Crippen MR) is 111 cm³/mol. The first-order chi connectivity index (χ1) is 13.0. The van der Waals surface area contributed by atoms with Gasteiger partial charge in [-0.2, -0.15) is 0 Å². The zero-order valence-electron chi connectivity index (χ0n) is 16.3. The van der Waals surface area contributed by atoms with Gasteiger partial charge in [0.15, 0.2) is 0 Å². The summed E-state index contributed by atoms with van der Waals surface area (Å²) in [5.41, 5.74) is 5.21. The van der Waals surface area contributed by atoms with Gasteiger partial charge in [-0.1, -0.05) is 56.8 Å². The highest BCUT2D eigenvalue weighted by Gasteiger charge is 2.12. The number of carbonyl (C=O) groups excluding carboxylic acids is 1. The molecule has 140 valence electrons. The molecule has 0 aliphatic heterocycles. The molecular weight excluding hydrogens is 334 g/mol. The normalized spacial score (nSPS) is 11.1. The van der Waals surface area contributed by atoms with E-state index in [4.69, 9.17) is 4.98 Å². The Morgan fingerprint density at radius 3 is 2.52 bits per heavy atom. The van der Waals surface area contributed by atoms with Gasteiger partial charge in [-0.3, -0.25) is 4.79 Å². The third-order valence-corrected chi connectivity index (χ3v) is 4.74. The van der Waals surface area contributed by atoms with Crippen molar-refractivity contribution in [3.05, 3.63) is 77.6 Å². The Labute approximate surface area is 160 Å². The smallest absolute Gasteiger partial charge is 0.246 e. The topological polar surface area (TPSA) is 46.9 Å². The maximum atomic E-state index is 11.7. The van der Waals surface area contributed by atoms with E-state index in [0.29, 0.717) is 24.5 Å². The van der Waals surface area contributed by atoms with E-state index in [9.17, 15) is 4.79 Å². The van der Waals surface area contributed by atoms with Crippen LogP contribution in [0.5, 0.6) is 0 Å². The van der Waals surface area contributed by atoms with Gasteiger partial charge >= 0.3 is 0 Å². The van der Waals surface area contributed by atoms with Gasteiger partial charge in [0.1, 0.15) is 5.82 Å². The van der Waals surface area contributed by atoms with Crippen molar-refractivity contribution in [2.45, 2.75) is 39.7 Å². The number of nitrogens with one attached hydrogen (secondary N) is 1. The van der Waals surface area contributed by atoms with Crippen molar-refractivity contribution in [3.8, 4) is 0 Å². The molecular formula is C23H27N3O. The first kappa shape index (κ1) is 18.9. The SMILES string of the molecule is C=C(C)C(=O)NCCc1nc2ccccc2n1Cc1ccc(C(C)C)cc1. The van der Waals surface area contributed by atoms with E-state index in [2.05, 4.69) is 60.6 Å². The van der Waals surface area contributed by atoms with Crippen LogP contribution in [-0.4, -0.2) is 22.0 Å². The van der Waals surface area contributed by atoms with Gasteiger partial charge in [-0.15, -0.1) is 0 Å². The van der Waals surface area contributed by atoms with Crippen LogP contribution in [0, 0.1) is 0 Å². The summed E-state index contributed by atoms with van der Waals surface area (Å²) in [6.45, 7) is 11.1. The lowest BCUT2D eigenvalue weighted by molar-refractivity contribution is -0.117. The molecule has 0 unspecified atom stereocenters. The van der Waals surface area contributed by atoms with Crippen LogP contribution in [0.1, 0.15) is 43.6 Å². The van der Waals surface area contributed by atoms with E-state index in [1.807, 2.05) is 18.2 Å². The summed E-state index contributed by atoms with van der Waals surface area (Å²) in [4.78, 5) is 16.5. The fraction of sp³-hybridized carbons (Fsp3) is 0.304. The second kappa shape index (κ2) is 8.21. The molecule has 3 rings (SSSR count). The van der Waals surface area contributed by atoms with E-state index in [0.717, 1.165) is 23.4 Å². The van der Waals surface area contributed by atoms with Gasteiger partial charge in [0, 0.05) is 25.1 Å². The van der Waals surface area contributed by atoms with Gasteiger partial charge < -0.3 is 9.88 Å². The fourth-order valence-corrected chi connectivity index (χ4v) is 3.12. The average molecular weight is 361 g/mol. The number of hydrogen-bond acceptors (Lipinski definition) is 2. The summed E-state index contributed by atoms with van der Waals surface area (Å²) < 4.78 is 2.24. The molecule has 3 aromatic rings. The van der Waals surface area contributed by atoms with Crippen LogP contribution in [0.2, 0.25) is 0 Å². The third-order valence-electron chi connectivity index (χ3n) is 4.74. The third kappa shape index (κ3) is 4.45. The van der Waals surface area contributed by atoms with E-state index in [1.54, 1.807) is 6.92 Å². The highest BCUT2D eigenvalue weighted by Crippen LogP contribution is 2.20. The quantitative estimate of drug-likeness (QED) is 0.632. The molecule has 0 saturated carbocycles. The van der Waals surface area contributed by atoms with Crippen molar-refractivity contribution in [2.24, 2.45) is 0 Å². The van der Waals surface area contributed by atoms with Crippen LogP contribution in [0.25, 0.3) is 11.0 Å². The maximum absolute atomic E-state index is 11.7. The van der Waals surface area contributed by atoms with Crippen molar-refractivity contribution in [2.75, 3.05) is 6.54 Å². The molecule has 4 heteroatoms. The van der Waals surface area contributed by atoms with Gasteiger partial charge in [0.25, 0.3) is 0 Å². The van der Waals surface area contributed by atoms with E-state index >= 15 is 0 Å². The molecule has 1 N–H and O–H groups in total. The number of hydrogen-bond donors (Lipinski definition) is 1. The molecule has 0 aliphatic carbocycles. The van der Waals surface area contributed by atoms with Crippen LogP contribution < -0.4 is 5.32 Å². The van der Waals surface area contributed by atoms with Gasteiger partial charge in [-0.05, 0) is 36.1 Å². The Kier molecular flexibility index (Phi) is 5.75. The lowest BCUT2D eigenvalue weighted by atomic mass is 10.0. The summed E-state index contributed by atoms with van der Waals surface area (Å²) in [6, 6.07) is 17.0. The molecule has 27 heavy (non-hydrogen) atoms. The van der Waals surface area contributed by atoms with Crippen LogP contribution in [0.3, 0.4) is 0 Å². The van der Waals surface area contributed by atoms with Gasteiger partial charge in [0.2, 0.25) is 5.91 Å². The number of amides is 1. The molecule has 2 aromatic carbocycles. The number of aromatic nitrogens is 2. The largest absolute Gasteiger partial charge is 0.352 e. The Morgan fingerprint density at radius 2 is 1.85 bits per heavy atom. The van der Waals surface area contributed by atoms with Crippen molar-refractivity contribution in [1.29, 1.82) is 0 Å². The standard InChI is InChI=1S/C23H27N3O/c1-16(2)19-11-9-18(10-12-19)15-26-21-8-6-5-7-20(21)25-22(26)13-14-24-23(27)17(3)4/h5-12,16H,3,13-15H2,1-2,4H3,(H,24,27). The Hall–Kier alpha value is -2.88. The molecule has 0 bridgehead atoms. The number of benzene rings is 2. The number of para-hydroxylation sites is 2. The predicted octanol–water partition coefficient (Wildman–Crippen LogP) is 4.44. The zero-order chi connectivity index (χ0) is 19.4. The Morgan fingerprint density at radius 1 is 1.15 bits per heavy atom. The zero-order valence-corrected chi connectivity index (χ0v) is 16.3.